The summed E-state index contributed by atoms with van der Waals surface area (Å²) >= 11 is -2.22. The van der Waals surface area contributed by atoms with E-state index in [1.165, 1.54) is 3.59 Å². The van der Waals surface area contributed by atoms with Crippen molar-refractivity contribution in [1.82, 2.24) is 0 Å². The Morgan fingerprint density at radius 2 is 1.50 bits per heavy atom. The average Bonchev–Trinajstić information content (AvgIpc) is 2.42. The topological polar surface area (TPSA) is 17.1 Å². The molecule has 0 saturated carbocycles. The van der Waals surface area contributed by atoms with Crippen molar-refractivity contribution >= 4 is 24.2 Å². The standard InChI is InChI=1S/C15H19O.3CH3.Sn/c1-3-5-10-13(9-4-2)15(16)14-11-7-6-8-12-14;;;;/h6-8,11-12H,3-5,9H2,1-2H3;3*1H3;. The molecule has 0 aliphatic rings. The van der Waals surface area contributed by atoms with Gasteiger partial charge in [-0.15, -0.1) is 0 Å². The average molecular weight is 379 g/mol. The van der Waals surface area contributed by atoms with E-state index in [1.54, 1.807) is 0 Å². The van der Waals surface area contributed by atoms with Crippen LogP contribution in [0.15, 0.2) is 39.5 Å². The molecule has 0 saturated heterocycles. The number of benzene rings is 1. The van der Waals surface area contributed by atoms with E-state index in [0.717, 1.165) is 36.8 Å². The monoisotopic (exact) mass is 380 g/mol. The Morgan fingerprint density at radius 3 is 1.95 bits per heavy atom. The molecule has 1 aromatic rings. The molecule has 0 aliphatic heterocycles. The number of hydrogen-bond acceptors (Lipinski definition) is 1. The number of allylic oxidation sites excluding steroid dienone is 2. The Hall–Kier alpha value is -0.571. The van der Waals surface area contributed by atoms with Crippen LogP contribution in [0.2, 0.25) is 14.8 Å². The zero-order valence-corrected chi connectivity index (χ0v) is 16.5. The van der Waals surface area contributed by atoms with Crippen molar-refractivity contribution in [3.8, 4) is 0 Å². The number of ketones is 1. The van der Waals surface area contributed by atoms with Gasteiger partial charge in [0.1, 0.15) is 0 Å². The van der Waals surface area contributed by atoms with Crippen LogP contribution < -0.4 is 0 Å². The Balaban J connectivity index is 3.30. The normalized spacial score (nSPS) is 13.1. The van der Waals surface area contributed by atoms with Gasteiger partial charge in [0.05, 0.1) is 0 Å². The van der Waals surface area contributed by atoms with Crippen LogP contribution in [0.5, 0.6) is 0 Å². The summed E-state index contributed by atoms with van der Waals surface area (Å²) < 4.78 is 1.54. The zero-order valence-electron chi connectivity index (χ0n) is 13.6. The van der Waals surface area contributed by atoms with Gasteiger partial charge in [0.2, 0.25) is 0 Å². The molecule has 0 amide bonds. The minimum absolute atomic E-state index is 0.266. The number of hydrogen-bond donors (Lipinski definition) is 0. The van der Waals surface area contributed by atoms with Crippen molar-refractivity contribution in [1.29, 1.82) is 0 Å². The molecule has 1 nitrogen and oxygen atoms in total. The Kier molecular flexibility index (Phi) is 7.00. The zero-order chi connectivity index (χ0) is 15.2. The van der Waals surface area contributed by atoms with Gasteiger partial charge in [0.25, 0.3) is 0 Å². The molecule has 0 spiro atoms. The van der Waals surface area contributed by atoms with E-state index in [4.69, 9.17) is 0 Å². The van der Waals surface area contributed by atoms with Crippen LogP contribution in [0, 0.1) is 0 Å². The second-order valence-corrected chi connectivity index (χ2v) is 21.0. The predicted octanol–water partition coefficient (Wildman–Crippen LogP) is 5.64. The summed E-state index contributed by atoms with van der Waals surface area (Å²) in [5.41, 5.74) is 1.98. The van der Waals surface area contributed by atoms with Crippen molar-refractivity contribution < 1.29 is 4.79 Å². The SMILES string of the molecule is CCC/C(C(=O)c1ccccc1)=[C](\CCC)[Sn]([CH3])([CH3])[CH3]. The molecule has 0 fully saturated rings. The molecular formula is C18H28OSn. The van der Waals surface area contributed by atoms with Crippen LogP contribution in [0.3, 0.4) is 0 Å². The Labute approximate surface area is 128 Å². The third-order valence-electron chi connectivity index (χ3n) is 3.58. The third kappa shape index (κ3) is 4.76. The molecule has 0 bridgehead atoms. The maximum absolute atomic E-state index is 12.9. The quantitative estimate of drug-likeness (QED) is 0.340. The number of rotatable bonds is 7. The summed E-state index contributed by atoms with van der Waals surface area (Å²) in [5, 5.41) is 0. The molecule has 0 radical (unpaired) electrons. The first-order valence-corrected chi connectivity index (χ1v) is 17.7. The molecule has 0 unspecified atom stereocenters. The van der Waals surface area contributed by atoms with Gasteiger partial charge in [-0.2, -0.15) is 0 Å². The second-order valence-electron chi connectivity index (χ2n) is 6.40. The molecule has 110 valence electrons. The van der Waals surface area contributed by atoms with E-state index in [9.17, 15) is 4.79 Å². The van der Waals surface area contributed by atoms with E-state index >= 15 is 0 Å². The van der Waals surface area contributed by atoms with E-state index in [0.29, 0.717) is 0 Å². The van der Waals surface area contributed by atoms with Crippen molar-refractivity contribution in [3.05, 3.63) is 45.1 Å². The van der Waals surface area contributed by atoms with Gasteiger partial charge in [0, 0.05) is 0 Å². The summed E-state index contributed by atoms with van der Waals surface area (Å²) in [6.07, 6.45) is 4.21. The third-order valence-corrected chi connectivity index (χ3v) is 10.3. The van der Waals surface area contributed by atoms with Crippen LogP contribution >= 0.6 is 0 Å². The molecule has 1 aromatic carbocycles. The fourth-order valence-corrected chi connectivity index (χ4v) is 8.76. The molecule has 0 N–H and O–H groups in total. The van der Waals surface area contributed by atoms with Crippen molar-refractivity contribution in [3.63, 3.8) is 0 Å². The van der Waals surface area contributed by atoms with E-state index < -0.39 is 18.4 Å². The molecule has 0 aliphatic carbocycles. The first-order valence-electron chi connectivity index (χ1n) is 7.74. The van der Waals surface area contributed by atoms with Gasteiger partial charge < -0.3 is 0 Å². The molecule has 20 heavy (non-hydrogen) atoms. The molecular weight excluding hydrogens is 351 g/mol. The first kappa shape index (κ1) is 17.5. The van der Waals surface area contributed by atoms with Crippen LogP contribution in [-0.4, -0.2) is 24.2 Å². The van der Waals surface area contributed by atoms with Crippen LogP contribution in [0.1, 0.15) is 49.9 Å². The summed E-state index contributed by atoms with van der Waals surface area (Å²) in [4.78, 5) is 20.1. The van der Waals surface area contributed by atoms with Gasteiger partial charge in [-0.25, -0.2) is 0 Å². The van der Waals surface area contributed by atoms with Crippen molar-refractivity contribution in [2.45, 2.75) is 54.3 Å². The molecule has 1 rings (SSSR count). The van der Waals surface area contributed by atoms with Crippen LogP contribution in [0.4, 0.5) is 0 Å². The minimum atomic E-state index is -2.22. The fourth-order valence-electron chi connectivity index (χ4n) is 2.64. The fraction of sp³-hybridized carbons (Fsp3) is 0.500. The molecule has 2 heteroatoms. The van der Waals surface area contributed by atoms with E-state index in [-0.39, 0.29) is 5.78 Å². The molecule has 0 aromatic heterocycles. The van der Waals surface area contributed by atoms with E-state index in [1.807, 2.05) is 30.3 Å². The Bertz CT molecular complexity index is 466. The van der Waals surface area contributed by atoms with Gasteiger partial charge in [-0.05, 0) is 0 Å². The molecule has 0 heterocycles. The summed E-state index contributed by atoms with van der Waals surface area (Å²) in [7, 11) is 0. The number of carbonyl (C=O) groups is 1. The second kappa shape index (κ2) is 8.01. The summed E-state index contributed by atoms with van der Waals surface area (Å²) in [6, 6.07) is 9.77. The van der Waals surface area contributed by atoms with Crippen LogP contribution in [-0.2, 0) is 0 Å². The maximum atomic E-state index is 12.9. The van der Waals surface area contributed by atoms with Gasteiger partial charge >= 0.3 is 128 Å². The summed E-state index contributed by atoms with van der Waals surface area (Å²) in [5.74, 6) is 0.266. The van der Waals surface area contributed by atoms with Crippen molar-refractivity contribution in [2.24, 2.45) is 0 Å². The summed E-state index contributed by atoms with van der Waals surface area (Å²) in [6.45, 7) is 4.38. The number of carbonyl (C=O) groups excluding carboxylic acids is 1. The van der Waals surface area contributed by atoms with Crippen LogP contribution in [0.25, 0.3) is 0 Å². The van der Waals surface area contributed by atoms with Gasteiger partial charge in [0.15, 0.2) is 0 Å². The van der Waals surface area contributed by atoms with E-state index in [2.05, 4.69) is 28.7 Å². The van der Waals surface area contributed by atoms with Gasteiger partial charge in [-0.3, -0.25) is 0 Å². The Morgan fingerprint density at radius 1 is 0.950 bits per heavy atom. The molecule has 0 atom stereocenters. The van der Waals surface area contributed by atoms with Crippen molar-refractivity contribution in [2.75, 3.05) is 0 Å². The van der Waals surface area contributed by atoms with Gasteiger partial charge in [-0.1, -0.05) is 0 Å². The first-order chi connectivity index (χ1) is 9.41. The predicted molar refractivity (Wildman–Crippen MR) is 91.0 cm³/mol. The number of Topliss-reactive ketones (excluding diaryl/α,β-unsaturated/α-hetero) is 1.